The molecule has 2 aliphatic heterocycles. The highest BCUT2D eigenvalue weighted by atomic mass is 16.3. The molecule has 4 heteroatoms. The average Bonchev–Trinajstić information content (AvgIpc) is 2.61. The molecule has 1 unspecified atom stereocenters. The molecule has 4 nitrogen and oxygen atoms in total. The van der Waals surface area contributed by atoms with Gasteiger partial charge in [-0.1, -0.05) is 0 Å². The lowest BCUT2D eigenvalue weighted by Gasteiger charge is -2.36. The molecule has 0 aromatic carbocycles. The fourth-order valence-corrected chi connectivity index (χ4v) is 2.11. The highest BCUT2D eigenvalue weighted by molar-refractivity contribution is 5.77. The van der Waals surface area contributed by atoms with Gasteiger partial charge >= 0.3 is 0 Å². The molecule has 2 rings (SSSR count). The Hall–Kier alpha value is -0.610. The van der Waals surface area contributed by atoms with Gasteiger partial charge in [-0.25, -0.2) is 0 Å². The van der Waals surface area contributed by atoms with Gasteiger partial charge in [-0.2, -0.15) is 0 Å². The van der Waals surface area contributed by atoms with Crippen LogP contribution in [-0.4, -0.2) is 48.2 Å². The SMILES string of the molecule is O=C(CCC1CCNC1)N1CC(O)C1. The third-order valence-corrected chi connectivity index (χ3v) is 3.14. The predicted molar refractivity (Wildman–Crippen MR) is 52.8 cm³/mol. The number of amides is 1. The van der Waals surface area contributed by atoms with Crippen molar-refractivity contribution >= 4 is 5.91 Å². The maximum atomic E-state index is 11.5. The smallest absolute Gasteiger partial charge is 0.222 e. The van der Waals surface area contributed by atoms with Gasteiger partial charge in [0.05, 0.1) is 6.10 Å². The van der Waals surface area contributed by atoms with Crippen LogP contribution >= 0.6 is 0 Å². The van der Waals surface area contributed by atoms with Gasteiger partial charge in [-0.05, 0) is 31.8 Å². The van der Waals surface area contributed by atoms with E-state index in [-0.39, 0.29) is 12.0 Å². The fourth-order valence-electron chi connectivity index (χ4n) is 2.11. The van der Waals surface area contributed by atoms with Crippen molar-refractivity contribution in [1.29, 1.82) is 0 Å². The van der Waals surface area contributed by atoms with Crippen LogP contribution in [-0.2, 0) is 4.79 Å². The van der Waals surface area contributed by atoms with Crippen molar-refractivity contribution in [2.45, 2.75) is 25.4 Å². The van der Waals surface area contributed by atoms with Crippen LogP contribution in [0.2, 0.25) is 0 Å². The van der Waals surface area contributed by atoms with Crippen molar-refractivity contribution in [2.75, 3.05) is 26.2 Å². The molecule has 0 aromatic rings. The van der Waals surface area contributed by atoms with Crippen LogP contribution in [0.15, 0.2) is 0 Å². The summed E-state index contributed by atoms with van der Waals surface area (Å²) in [6.45, 7) is 3.25. The second kappa shape index (κ2) is 4.28. The Morgan fingerprint density at radius 1 is 1.50 bits per heavy atom. The first kappa shape index (κ1) is 9.93. The number of hydrogen-bond donors (Lipinski definition) is 2. The summed E-state index contributed by atoms with van der Waals surface area (Å²) in [6, 6.07) is 0. The van der Waals surface area contributed by atoms with Crippen LogP contribution in [0.1, 0.15) is 19.3 Å². The first-order chi connectivity index (χ1) is 6.75. The van der Waals surface area contributed by atoms with Crippen molar-refractivity contribution in [3.8, 4) is 0 Å². The third kappa shape index (κ3) is 2.25. The first-order valence-electron chi connectivity index (χ1n) is 5.42. The Morgan fingerprint density at radius 2 is 2.29 bits per heavy atom. The van der Waals surface area contributed by atoms with Gasteiger partial charge in [0, 0.05) is 19.5 Å². The number of likely N-dealkylation sites (tertiary alicyclic amines) is 1. The van der Waals surface area contributed by atoms with Gasteiger partial charge in [0.15, 0.2) is 0 Å². The average molecular weight is 198 g/mol. The summed E-state index contributed by atoms with van der Waals surface area (Å²) in [7, 11) is 0. The molecule has 0 saturated carbocycles. The van der Waals surface area contributed by atoms with Crippen molar-refractivity contribution in [3.05, 3.63) is 0 Å². The minimum Gasteiger partial charge on any atom is -0.389 e. The quantitative estimate of drug-likeness (QED) is 0.647. The lowest BCUT2D eigenvalue weighted by atomic mass is 10.0. The van der Waals surface area contributed by atoms with E-state index in [0.717, 1.165) is 19.5 Å². The normalized spacial score (nSPS) is 27.8. The molecule has 0 radical (unpaired) electrons. The van der Waals surface area contributed by atoms with Crippen molar-refractivity contribution in [2.24, 2.45) is 5.92 Å². The zero-order valence-electron chi connectivity index (χ0n) is 8.41. The Morgan fingerprint density at radius 3 is 2.86 bits per heavy atom. The largest absolute Gasteiger partial charge is 0.389 e. The minimum absolute atomic E-state index is 0.210. The Balaban J connectivity index is 1.62. The van der Waals surface area contributed by atoms with Crippen LogP contribution < -0.4 is 5.32 Å². The third-order valence-electron chi connectivity index (χ3n) is 3.14. The summed E-state index contributed by atoms with van der Waals surface area (Å²) < 4.78 is 0. The monoisotopic (exact) mass is 198 g/mol. The second-order valence-electron chi connectivity index (χ2n) is 4.35. The molecule has 14 heavy (non-hydrogen) atoms. The van der Waals surface area contributed by atoms with E-state index in [9.17, 15) is 4.79 Å². The van der Waals surface area contributed by atoms with Crippen LogP contribution in [0.4, 0.5) is 0 Å². The number of carbonyl (C=O) groups is 1. The molecule has 1 atom stereocenters. The zero-order valence-corrected chi connectivity index (χ0v) is 8.41. The van der Waals surface area contributed by atoms with Gasteiger partial charge in [0.1, 0.15) is 0 Å². The van der Waals surface area contributed by atoms with Crippen molar-refractivity contribution in [3.63, 3.8) is 0 Å². The Bertz CT molecular complexity index is 208. The number of hydrogen-bond acceptors (Lipinski definition) is 3. The summed E-state index contributed by atoms with van der Waals surface area (Å²) in [5.41, 5.74) is 0. The first-order valence-corrected chi connectivity index (χ1v) is 5.42. The topological polar surface area (TPSA) is 52.6 Å². The van der Waals surface area contributed by atoms with E-state index in [1.807, 2.05) is 0 Å². The van der Waals surface area contributed by atoms with Crippen molar-refractivity contribution < 1.29 is 9.90 Å². The number of carbonyl (C=O) groups excluding carboxylic acids is 1. The molecular formula is C10H18N2O2. The summed E-state index contributed by atoms with van der Waals surface area (Å²) in [4.78, 5) is 13.3. The number of nitrogens with one attached hydrogen (secondary N) is 1. The molecule has 2 fully saturated rings. The van der Waals surface area contributed by atoms with E-state index in [2.05, 4.69) is 5.32 Å². The lowest BCUT2D eigenvalue weighted by Crippen LogP contribution is -2.53. The standard InChI is InChI=1S/C10H18N2O2/c13-9-6-12(7-9)10(14)2-1-8-3-4-11-5-8/h8-9,11,13H,1-7H2. The van der Waals surface area contributed by atoms with Crippen LogP contribution in [0.25, 0.3) is 0 Å². The summed E-state index contributed by atoms with van der Waals surface area (Å²) in [6.07, 6.45) is 2.58. The highest BCUT2D eigenvalue weighted by Gasteiger charge is 2.28. The summed E-state index contributed by atoms with van der Waals surface area (Å²) in [5.74, 6) is 0.896. The molecule has 2 aliphatic rings. The molecule has 80 valence electrons. The minimum atomic E-state index is -0.271. The fraction of sp³-hybridized carbons (Fsp3) is 0.900. The predicted octanol–water partition coefficient (Wildman–Crippen LogP) is -0.421. The Kier molecular flexibility index (Phi) is 3.03. The number of nitrogens with zero attached hydrogens (tertiary/aromatic N) is 1. The molecule has 0 aromatic heterocycles. The molecular weight excluding hydrogens is 180 g/mol. The van der Waals surface area contributed by atoms with Crippen LogP contribution in [0.5, 0.6) is 0 Å². The number of aliphatic hydroxyl groups excluding tert-OH is 1. The Labute approximate surface area is 84.3 Å². The zero-order chi connectivity index (χ0) is 9.97. The summed E-state index contributed by atoms with van der Waals surface area (Å²) in [5, 5.41) is 12.3. The maximum absolute atomic E-state index is 11.5. The second-order valence-corrected chi connectivity index (χ2v) is 4.35. The van der Waals surface area contributed by atoms with Gasteiger partial charge in [0.25, 0.3) is 0 Å². The molecule has 0 aliphatic carbocycles. The van der Waals surface area contributed by atoms with E-state index < -0.39 is 0 Å². The van der Waals surface area contributed by atoms with Gasteiger partial charge in [-0.3, -0.25) is 4.79 Å². The number of aliphatic hydroxyl groups is 1. The summed E-state index contributed by atoms with van der Waals surface area (Å²) >= 11 is 0. The number of rotatable bonds is 3. The molecule has 1 amide bonds. The molecule has 2 saturated heterocycles. The van der Waals surface area contributed by atoms with E-state index in [1.54, 1.807) is 4.90 Å². The van der Waals surface area contributed by atoms with Gasteiger partial charge in [0.2, 0.25) is 5.91 Å². The molecule has 0 bridgehead atoms. The molecule has 0 spiro atoms. The van der Waals surface area contributed by atoms with E-state index in [1.165, 1.54) is 6.42 Å². The van der Waals surface area contributed by atoms with Crippen LogP contribution in [0, 0.1) is 5.92 Å². The maximum Gasteiger partial charge on any atom is 0.222 e. The van der Waals surface area contributed by atoms with Gasteiger partial charge < -0.3 is 15.3 Å². The van der Waals surface area contributed by atoms with Gasteiger partial charge in [-0.15, -0.1) is 0 Å². The number of β-amino-alcohol motifs (C(OH)–C–C–N with tert-alkyl or cyclic N) is 1. The highest BCUT2D eigenvalue weighted by Crippen LogP contribution is 2.17. The van der Waals surface area contributed by atoms with E-state index in [4.69, 9.17) is 5.11 Å². The van der Waals surface area contributed by atoms with E-state index in [0.29, 0.717) is 25.4 Å². The van der Waals surface area contributed by atoms with Crippen molar-refractivity contribution in [1.82, 2.24) is 10.2 Å². The molecule has 2 N–H and O–H groups in total. The lowest BCUT2D eigenvalue weighted by molar-refractivity contribution is -0.141. The molecule has 2 heterocycles. The van der Waals surface area contributed by atoms with Crippen LogP contribution in [0.3, 0.4) is 0 Å². The van der Waals surface area contributed by atoms with E-state index >= 15 is 0 Å².